The Balaban J connectivity index is 2.31. The number of nitrogens with zero attached hydrogens (tertiary/aromatic N) is 2. The number of rotatable bonds is 7. The first-order valence-corrected chi connectivity index (χ1v) is 6.93. The van der Waals surface area contributed by atoms with Crippen LogP contribution in [0.15, 0.2) is 6.07 Å². The normalized spacial score (nSPS) is 13.2. The lowest BCUT2D eigenvalue weighted by Crippen LogP contribution is -2.17. The molecule has 11 heteroatoms. The molecular weight excluding hydrogens is 279 g/mol. The van der Waals surface area contributed by atoms with E-state index in [1.54, 1.807) is 0 Å². The first-order chi connectivity index (χ1) is 8.76. The van der Waals surface area contributed by atoms with Crippen LogP contribution in [0.5, 0.6) is 5.88 Å². The van der Waals surface area contributed by atoms with Crippen molar-refractivity contribution in [3.63, 3.8) is 0 Å². The van der Waals surface area contributed by atoms with E-state index in [1.807, 2.05) is 0 Å². The van der Waals surface area contributed by atoms with Gasteiger partial charge in [0.25, 0.3) is 0 Å². The number of ether oxygens (including phenoxy) is 2. The number of aliphatic hydroxyl groups is 1. The molecule has 0 radical (unpaired) electrons. The smallest absolute Gasteiger partial charge is 0.351 e. The van der Waals surface area contributed by atoms with Crippen molar-refractivity contribution >= 4 is 19.4 Å². The van der Waals surface area contributed by atoms with E-state index in [0.717, 1.165) is 0 Å². The van der Waals surface area contributed by atoms with Gasteiger partial charge in [-0.1, -0.05) is 0 Å². The quantitative estimate of drug-likeness (QED) is 0.306. The van der Waals surface area contributed by atoms with E-state index in [1.165, 1.54) is 6.07 Å². The van der Waals surface area contributed by atoms with Crippen molar-refractivity contribution in [3.8, 4) is 5.88 Å². The highest BCUT2D eigenvalue weighted by Gasteiger charge is 2.16. The van der Waals surface area contributed by atoms with Crippen LogP contribution in [0, 0.1) is 0 Å². The number of nitrogen functional groups attached to an aromatic ring is 2. The Kier molecular flexibility index (Phi) is 5.45. The number of hydrogen-bond donors (Lipinski definition) is 5. The summed E-state index contributed by atoms with van der Waals surface area (Å²) in [7, 11) is -4.30. The van der Waals surface area contributed by atoms with Crippen molar-refractivity contribution in [3.05, 3.63) is 6.07 Å². The summed E-state index contributed by atoms with van der Waals surface area (Å²) in [5, 5.41) is 9.27. The second kappa shape index (κ2) is 6.64. The largest absolute Gasteiger partial charge is 0.477 e. The van der Waals surface area contributed by atoms with Gasteiger partial charge in [0.1, 0.15) is 5.82 Å². The first-order valence-electron chi connectivity index (χ1n) is 5.13. The number of aromatic nitrogens is 2. The SMILES string of the molecule is Nc1cc(OCC[C@H](O)OCP(=O)(O)O)nc(N)n1. The van der Waals surface area contributed by atoms with Gasteiger partial charge < -0.3 is 35.8 Å². The van der Waals surface area contributed by atoms with Gasteiger partial charge in [0.2, 0.25) is 11.8 Å². The van der Waals surface area contributed by atoms with Crippen molar-refractivity contribution in [2.75, 3.05) is 24.4 Å². The predicted octanol–water partition coefficient (Wildman–Crippen LogP) is -1.12. The van der Waals surface area contributed by atoms with Crippen molar-refractivity contribution < 1.29 is 28.9 Å². The zero-order valence-electron chi connectivity index (χ0n) is 9.84. The Labute approximate surface area is 108 Å². The third-order valence-corrected chi connectivity index (χ3v) is 2.28. The maximum absolute atomic E-state index is 10.5. The van der Waals surface area contributed by atoms with E-state index < -0.39 is 20.2 Å². The van der Waals surface area contributed by atoms with Crippen LogP contribution in [0.25, 0.3) is 0 Å². The molecule has 0 fully saturated rings. The summed E-state index contributed by atoms with van der Waals surface area (Å²) < 4.78 is 20.1. The Hall–Kier alpha value is -1.45. The van der Waals surface area contributed by atoms with Gasteiger partial charge in [-0.15, -0.1) is 0 Å². The van der Waals surface area contributed by atoms with Crippen molar-refractivity contribution in [1.82, 2.24) is 9.97 Å². The molecule has 1 aromatic heterocycles. The summed E-state index contributed by atoms with van der Waals surface area (Å²) in [5.41, 5.74) is 10.8. The minimum atomic E-state index is -4.30. The molecule has 0 saturated heterocycles. The van der Waals surface area contributed by atoms with Gasteiger partial charge in [-0.3, -0.25) is 4.57 Å². The number of nitrogens with two attached hydrogens (primary N) is 2. The number of hydrogen-bond acceptors (Lipinski definition) is 8. The van der Waals surface area contributed by atoms with Crippen LogP contribution in [0.1, 0.15) is 6.42 Å². The minimum Gasteiger partial charge on any atom is -0.477 e. The summed E-state index contributed by atoms with van der Waals surface area (Å²) in [5.74, 6) is 0.223. The molecule has 0 amide bonds. The molecule has 108 valence electrons. The van der Waals surface area contributed by atoms with Gasteiger partial charge in [-0.25, -0.2) is 0 Å². The summed E-state index contributed by atoms with van der Waals surface area (Å²) in [6.07, 6.45) is -2.23. The summed E-state index contributed by atoms with van der Waals surface area (Å²) >= 11 is 0. The molecule has 1 aromatic rings. The molecule has 0 saturated carbocycles. The zero-order valence-corrected chi connectivity index (χ0v) is 10.7. The van der Waals surface area contributed by atoms with Crippen LogP contribution >= 0.6 is 7.60 Å². The summed E-state index contributed by atoms with van der Waals surface area (Å²) in [6.45, 7) is -0.00177. The molecule has 7 N–H and O–H groups in total. The average molecular weight is 294 g/mol. The topological polar surface area (TPSA) is 174 Å². The Bertz CT molecular complexity index is 446. The maximum Gasteiger partial charge on any atom is 0.351 e. The van der Waals surface area contributed by atoms with Crippen LogP contribution < -0.4 is 16.2 Å². The molecule has 10 nitrogen and oxygen atoms in total. The van der Waals surface area contributed by atoms with E-state index in [0.29, 0.717) is 0 Å². The zero-order chi connectivity index (χ0) is 14.5. The third-order valence-electron chi connectivity index (χ3n) is 1.79. The maximum atomic E-state index is 10.5. The molecule has 0 aliphatic carbocycles. The van der Waals surface area contributed by atoms with Gasteiger partial charge in [0.05, 0.1) is 6.61 Å². The lowest BCUT2D eigenvalue weighted by molar-refractivity contribution is -0.0951. The lowest BCUT2D eigenvalue weighted by Gasteiger charge is -2.13. The fraction of sp³-hybridized carbons (Fsp3) is 0.500. The molecule has 0 spiro atoms. The highest BCUT2D eigenvalue weighted by atomic mass is 31.2. The average Bonchev–Trinajstić information content (AvgIpc) is 2.24. The van der Waals surface area contributed by atoms with Gasteiger partial charge in [0.15, 0.2) is 12.6 Å². The van der Waals surface area contributed by atoms with Gasteiger partial charge >= 0.3 is 7.60 Å². The lowest BCUT2D eigenvalue weighted by atomic mass is 10.4. The minimum absolute atomic E-state index is 0.00177. The predicted molar refractivity (Wildman–Crippen MR) is 65.0 cm³/mol. The third kappa shape index (κ3) is 6.89. The van der Waals surface area contributed by atoms with Crippen molar-refractivity contribution in [1.29, 1.82) is 0 Å². The Morgan fingerprint density at radius 2 is 2.05 bits per heavy atom. The highest BCUT2D eigenvalue weighted by molar-refractivity contribution is 7.51. The first kappa shape index (κ1) is 15.6. The monoisotopic (exact) mass is 294 g/mol. The van der Waals surface area contributed by atoms with Gasteiger partial charge in [-0.2, -0.15) is 9.97 Å². The van der Waals surface area contributed by atoms with E-state index in [4.69, 9.17) is 26.0 Å². The molecule has 0 aromatic carbocycles. The number of aliphatic hydroxyl groups excluding tert-OH is 1. The molecular formula is C8H15N4O6P. The second-order valence-electron chi connectivity index (χ2n) is 3.54. The molecule has 1 atom stereocenters. The fourth-order valence-electron chi connectivity index (χ4n) is 1.07. The standard InChI is InChI=1S/C8H15N4O6P/c9-5-3-6(12-8(10)11-5)17-2-1-7(13)18-4-19(14,15)16/h3,7,13H,1-2,4H2,(H2,14,15,16)(H4,9,10,11,12)/t7-/m1/s1. The molecule has 1 rings (SSSR count). The Morgan fingerprint density at radius 3 is 2.63 bits per heavy atom. The van der Waals surface area contributed by atoms with E-state index in [9.17, 15) is 9.67 Å². The molecule has 19 heavy (non-hydrogen) atoms. The molecule has 0 aliphatic rings. The van der Waals surface area contributed by atoms with Crippen LogP contribution in [-0.4, -0.2) is 44.1 Å². The highest BCUT2D eigenvalue weighted by Crippen LogP contribution is 2.34. The Morgan fingerprint density at radius 1 is 1.37 bits per heavy atom. The van der Waals surface area contributed by atoms with E-state index >= 15 is 0 Å². The van der Waals surface area contributed by atoms with Crippen LogP contribution in [0.2, 0.25) is 0 Å². The van der Waals surface area contributed by atoms with Crippen LogP contribution in [0.4, 0.5) is 11.8 Å². The molecule has 1 heterocycles. The van der Waals surface area contributed by atoms with E-state index in [-0.39, 0.29) is 30.7 Å². The molecule has 0 unspecified atom stereocenters. The van der Waals surface area contributed by atoms with E-state index in [2.05, 4.69) is 14.7 Å². The number of anilines is 2. The van der Waals surface area contributed by atoms with Crippen molar-refractivity contribution in [2.45, 2.75) is 12.7 Å². The molecule has 0 bridgehead atoms. The second-order valence-corrected chi connectivity index (χ2v) is 5.13. The fourth-order valence-corrected chi connectivity index (χ4v) is 1.43. The van der Waals surface area contributed by atoms with Crippen LogP contribution in [0.3, 0.4) is 0 Å². The summed E-state index contributed by atoms with van der Waals surface area (Å²) in [4.78, 5) is 24.4. The molecule has 0 aliphatic heterocycles. The van der Waals surface area contributed by atoms with Gasteiger partial charge in [-0.05, 0) is 0 Å². The van der Waals surface area contributed by atoms with Gasteiger partial charge in [0, 0.05) is 12.5 Å². The summed E-state index contributed by atoms with van der Waals surface area (Å²) in [6, 6.07) is 1.35. The van der Waals surface area contributed by atoms with Crippen molar-refractivity contribution in [2.24, 2.45) is 0 Å². The van der Waals surface area contributed by atoms with Crippen LogP contribution in [-0.2, 0) is 9.30 Å².